The van der Waals surface area contributed by atoms with Gasteiger partial charge in [0.05, 0.1) is 0 Å². The molecule has 1 aliphatic heterocycles. The second-order valence-electron chi connectivity index (χ2n) is 6.28. The van der Waals surface area contributed by atoms with Crippen LogP contribution in [0, 0.1) is 13.8 Å². The molecule has 2 atom stereocenters. The number of piperazine rings is 1. The van der Waals surface area contributed by atoms with E-state index in [1.807, 2.05) is 0 Å². The first-order valence-corrected chi connectivity index (χ1v) is 7.58. The molecule has 1 N–H and O–H groups in total. The van der Waals surface area contributed by atoms with Gasteiger partial charge < -0.3 is 10.2 Å². The Morgan fingerprint density at radius 2 is 2.05 bits per heavy atom. The van der Waals surface area contributed by atoms with Crippen LogP contribution in [0.4, 0.5) is 5.69 Å². The maximum absolute atomic E-state index is 3.74. The van der Waals surface area contributed by atoms with Crippen LogP contribution in [0.25, 0.3) is 0 Å². The summed E-state index contributed by atoms with van der Waals surface area (Å²) in [6.45, 7) is 13.5. The van der Waals surface area contributed by atoms with E-state index in [0.717, 1.165) is 13.1 Å². The van der Waals surface area contributed by atoms with E-state index in [1.165, 1.54) is 29.7 Å². The number of benzene rings is 1. The van der Waals surface area contributed by atoms with Gasteiger partial charge >= 0.3 is 0 Å². The molecule has 2 rings (SSSR count). The van der Waals surface area contributed by atoms with Crippen LogP contribution < -0.4 is 10.2 Å². The van der Waals surface area contributed by atoms with E-state index in [1.54, 1.807) is 0 Å². The van der Waals surface area contributed by atoms with Crippen LogP contribution in [0.1, 0.15) is 44.7 Å². The van der Waals surface area contributed by atoms with Crippen molar-refractivity contribution in [1.82, 2.24) is 5.32 Å². The molecule has 0 saturated carbocycles. The molecule has 0 spiro atoms. The molecule has 2 heteroatoms. The molecule has 1 aromatic rings. The Morgan fingerprint density at radius 1 is 1.32 bits per heavy atom. The predicted octanol–water partition coefficient (Wildman–Crippen LogP) is 3.66. The Balaban J connectivity index is 2.32. The number of nitrogens with one attached hydrogen (secondary N) is 1. The molecule has 19 heavy (non-hydrogen) atoms. The lowest BCUT2D eigenvalue weighted by molar-refractivity contribution is 0.276. The summed E-state index contributed by atoms with van der Waals surface area (Å²) in [4.78, 5) is 2.62. The van der Waals surface area contributed by atoms with Crippen molar-refractivity contribution in [2.45, 2.75) is 59.0 Å². The van der Waals surface area contributed by atoms with Crippen LogP contribution in [-0.2, 0) is 0 Å². The molecule has 106 valence electrons. The molecule has 0 radical (unpaired) electrons. The Morgan fingerprint density at radius 3 is 2.63 bits per heavy atom. The average Bonchev–Trinajstić information content (AvgIpc) is 2.39. The van der Waals surface area contributed by atoms with E-state index in [4.69, 9.17) is 0 Å². The maximum Gasteiger partial charge on any atom is 0.0413 e. The highest BCUT2D eigenvalue weighted by molar-refractivity contribution is 5.56. The molecule has 0 bridgehead atoms. The molecule has 1 fully saturated rings. The van der Waals surface area contributed by atoms with Crippen LogP contribution in [0.3, 0.4) is 0 Å². The lowest BCUT2D eigenvalue weighted by Crippen LogP contribution is -2.62. The molecular weight excluding hydrogens is 232 g/mol. The standard InChI is InChI=1S/C17H28N2/c1-6-15-11-18-17(5,7-2)12-19(15)16-9-8-13(3)10-14(16)4/h8-10,15,18H,6-7,11-12H2,1-5H3. The van der Waals surface area contributed by atoms with Crippen molar-refractivity contribution in [3.05, 3.63) is 29.3 Å². The molecule has 1 aliphatic rings. The van der Waals surface area contributed by atoms with Gasteiger partial charge in [-0.25, -0.2) is 0 Å². The summed E-state index contributed by atoms with van der Waals surface area (Å²) in [5, 5.41) is 3.74. The van der Waals surface area contributed by atoms with E-state index in [-0.39, 0.29) is 5.54 Å². The predicted molar refractivity (Wildman–Crippen MR) is 84.0 cm³/mol. The van der Waals surface area contributed by atoms with Gasteiger partial charge in [0.15, 0.2) is 0 Å². The van der Waals surface area contributed by atoms with Gasteiger partial charge in [-0.1, -0.05) is 31.5 Å². The fourth-order valence-electron chi connectivity index (χ4n) is 3.05. The summed E-state index contributed by atoms with van der Waals surface area (Å²) in [5.74, 6) is 0. The molecule has 1 heterocycles. The van der Waals surface area contributed by atoms with Crippen LogP contribution in [-0.4, -0.2) is 24.7 Å². The zero-order valence-corrected chi connectivity index (χ0v) is 13.1. The normalized spacial score (nSPS) is 27.6. The minimum Gasteiger partial charge on any atom is -0.365 e. The summed E-state index contributed by atoms with van der Waals surface area (Å²) in [6, 6.07) is 7.45. The van der Waals surface area contributed by atoms with Gasteiger partial charge in [0.2, 0.25) is 0 Å². The fraction of sp³-hybridized carbons (Fsp3) is 0.647. The van der Waals surface area contributed by atoms with Gasteiger partial charge in [-0.2, -0.15) is 0 Å². The zero-order valence-electron chi connectivity index (χ0n) is 13.1. The van der Waals surface area contributed by atoms with Crippen molar-refractivity contribution < 1.29 is 0 Å². The molecular formula is C17H28N2. The first-order chi connectivity index (χ1) is 8.99. The lowest BCUT2D eigenvalue weighted by Gasteiger charge is -2.47. The van der Waals surface area contributed by atoms with Gasteiger partial charge in [-0.3, -0.25) is 0 Å². The molecule has 2 unspecified atom stereocenters. The topological polar surface area (TPSA) is 15.3 Å². The molecule has 2 nitrogen and oxygen atoms in total. The summed E-state index contributed by atoms with van der Waals surface area (Å²) < 4.78 is 0. The van der Waals surface area contributed by atoms with Gasteiger partial charge in [-0.15, -0.1) is 0 Å². The van der Waals surface area contributed by atoms with Gasteiger partial charge in [0.25, 0.3) is 0 Å². The molecule has 0 aromatic heterocycles. The van der Waals surface area contributed by atoms with Crippen LogP contribution in [0.2, 0.25) is 0 Å². The fourth-order valence-corrected chi connectivity index (χ4v) is 3.05. The quantitative estimate of drug-likeness (QED) is 0.892. The number of hydrogen-bond acceptors (Lipinski definition) is 2. The van der Waals surface area contributed by atoms with E-state index in [0.29, 0.717) is 6.04 Å². The minimum atomic E-state index is 0.239. The van der Waals surface area contributed by atoms with E-state index in [9.17, 15) is 0 Å². The van der Waals surface area contributed by atoms with E-state index >= 15 is 0 Å². The number of aryl methyl sites for hydroxylation is 2. The van der Waals surface area contributed by atoms with Crippen LogP contribution in [0.15, 0.2) is 18.2 Å². The maximum atomic E-state index is 3.74. The number of rotatable bonds is 3. The second-order valence-corrected chi connectivity index (χ2v) is 6.28. The average molecular weight is 260 g/mol. The van der Waals surface area contributed by atoms with E-state index in [2.05, 4.69) is 63.0 Å². The third kappa shape index (κ3) is 2.94. The molecule has 1 saturated heterocycles. The van der Waals surface area contributed by atoms with Gasteiger partial charge in [0.1, 0.15) is 0 Å². The minimum absolute atomic E-state index is 0.239. The van der Waals surface area contributed by atoms with Gasteiger partial charge in [0, 0.05) is 30.4 Å². The third-order valence-corrected chi connectivity index (χ3v) is 4.64. The van der Waals surface area contributed by atoms with Crippen molar-refractivity contribution in [2.75, 3.05) is 18.0 Å². The van der Waals surface area contributed by atoms with Crippen LogP contribution >= 0.6 is 0 Å². The zero-order chi connectivity index (χ0) is 14.0. The summed E-state index contributed by atoms with van der Waals surface area (Å²) in [7, 11) is 0. The molecule has 0 aliphatic carbocycles. The highest BCUT2D eigenvalue weighted by atomic mass is 15.3. The summed E-state index contributed by atoms with van der Waals surface area (Å²) in [5.41, 5.74) is 4.41. The Bertz CT molecular complexity index is 441. The Kier molecular flexibility index (Phi) is 4.19. The largest absolute Gasteiger partial charge is 0.365 e. The SMILES string of the molecule is CCC1CNC(C)(CC)CN1c1ccc(C)cc1C. The lowest BCUT2D eigenvalue weighted by atomic mass is 9.91. The number of hydrogen-bond donors (Lipinski definition) is 1. The first kappa shape index (κ1) is 14.4. The Hall–Kier alpha value is -1.02. The van der Waals surface area contributed by atoms with Crippen molar-refractivity contribution in [3.8, 4) is 0 Å². The van der Waals surface area contributed by atoms with Crippen molar-refractivity contribution in [3.63, 3.8) is 0 Å². The third-order valence-electron chi connectivity index (χ3n) is 4.64. The summed E-state index contributed by atoms with van der Waals surface area (Å²) in [6.07, 6.45) is 2.37. The van der Waals surface area contributed by atoms with Crippen molar-refractivity contribution >= 4 is 5.69 Å². The molecule has 0 amide bonds. The van der Waals surface area contributed by atoms with E-state index < -0.39 is 0 Å². The van der Waals surface area contributed by atoms with Gasteiger partial charge in [-0.05, 0) is 45.2 Å². The van der Waals surface area contributed by atoms with Crippen LogP contribution in [0.5, 0.6) is 0 Å². The number of nitrogens with zero attached hydrogens (tertiary/aromatic N) is 1. The van der Waals surface area contributed by atoms with Crippen molar-refractivity contribution in [2.24, 2.45) is 0 Å². The highest BCUT2D eigenvalue weighted by Crippen LogP contribution is 2.29. The smallest absolute Gasteiger partial charge is 0.0413 e. The summed E-state index contributed by atoms with van der Waals surface area (Å²) >= 11 is 0. The number of anilines is 1. The monoisotopic (exact) mass is 260 g/mol. The second kappa shape index (κ2) is 5.54. The highest BCUT2D eigenvalue weighted by Gasteiger charge is 2.34. The van der Waals surface area contributed by atoms with Crippen molar-refractivity contribution in [1.29, 1.82) is 0 Å². The molecule has 1 aromatic carbocycles. The Labute approximate surface area is 118 Å². The first-order valence-electron chi connectivity index (χ1n) is 7.58.